The second kappa shape index (κ2) is 12.5. The zero-order chi connectivity index (χ0) is 39.5. The molecule has 0 aliphatic carbocycles. The minimum Gasteiger partial charge on any atom is -0.456 e. The molecule has 0 bridgehead atoms. The van der Waals surface area contributed by atoms with Gasteiger partial charge in [0.1, 0.15) is 11.2 Å². The Kier molecular flexibility index (Phi) is 6.92. The summed E-state index contributed by atoms with van der Waals surface area (Å²) in [5, 5.41) is 19.3. The normalized spacial score (nSPS) is 12.0. The number of furan rings is 1. The Labute approximate surface area is 347 Å². The van der Waals surface area contributed by atoms with Crippen LogP contribution < -0.4 is 0 Å². The smallest absolute Gasteiger partial charge is 0.136 e. The largest absolute Gasteiger partial charge is 0.456 e. The Bertz CT molecular complexity index is 3970. The molecule has 0 fully saturated rings. The number of rotatable bonds is 4. The second-order valence-electron chi connectivity index (χ2n) is 15.5. The van der Waals surface area contributed by atoms with Gasteiger partial charge in [-0.2, -0.15) is 5.26 Å². The molecule has 0 N–H and O–H groups in total. The molecule has 0 radical (unpaired) electrons. The summed E-state index contributed by atoms with van der Waals surface area (Å²) in [5.41, 5.74) is 13.7. The van der Waals surface area contributed by atoms with E-state index >= 15 is 0 Å². The van der Waals surface area contributed by atoms with E-state index in [2.05, 4.69) is 179 Å². The monoisotopic (exact) mass is 781 g/mol. The maximum Gasteiger partial charge on any atom is 0.136 e. The third-order valence-electron chi connectivity index (χ3n) is 12.3. The van der Waals surface area contributed by atoms with E-state index in [1.807, 2.05) is 35.6 Å². The lowest BCUT2D eigenvalue weighted by Crippen LogP contribution is -1.97. The Hall–Kier alpha value is -7.91. The van der Waals surface area contributed by atoms with Gasteiger partial charge in [-0.15, -0.1) is 11.3 Å². The molecule has 5 heteroatoms. The molecular formula is C55H31N3OS. The standard InChI is InChI=1S/C55H31N3OS/c56-32-33-22-25-47-41(28-33)43-30-35(23-26-48(43)57(47)36-12-2-1-3-13-36)34-24-27-49-42(29-34)37-14-4-8-18-45(37)58(49)46-19-9-5-15-38(46)44-31-51-53(39-16-6-10-20-50(39)59-51)54-40-17-7-11-21-52(40)60-55(44)54/h1-31H. The Morgan fingerprint density at radius 2 is 1.05 bits per heavy atom. The van der Waals surface area contributed by atoms with Crippen molar-refractivity contribution in [1.82, 2.24) is 9.13 Å². The molecule has 0 aliphatic rings. The first kappa shape index (κ1) is 33.1. The Morgan fingerprint density at radius 3 is 1.87 bits per heavy atom. The fourth-order valence-corrected chi connectivity index (χ4v) is 11.0. The third-order valence-corrected chi connectivity index (χ3v) is 13.5. The first-order valence-corrected chi connectivity index (χ1v) is 21.0. The molecule has 4 heterocycles. The number of nitriles is 1. The van der Waals surface area contributed by atoms with Crippen molar-refractivity contribution in [3.8, 4) is 39.7 Å². The van der Waals surface area contributed by atoms with E-state index in [1.165, 1.54) is 41.9 Å². The molecular weight excluding hydrogens is 751 g/mol. The van der Waals surface area contributed by atoms with E-state index in [-0.39, 0.29) is 0 Å². The predicted molar refractivity (Wildman–Crippen MR) is 251 cm³/mol. The summed E-state index contributed by atoms with van der Waals surface area (Å²) in [6.45, 7) is 0. The van der Waals surface area contributed by atoms with Gasteiger partial charge in [-0.3, -0.25) is 0 Å². The van der Waals surface area contributed by atoms with Crippen molar-refractivity contribution in [2.24, 2.45) is 0 Å². The van der Waals surface area contributed by atoms with Gasteiger partial charge < -0.3 is 13.6 Å². The van der Waals surface area contributed by atoms with Gasteiger partial charge in [-0.25, -0.2) is 0 Å². The van der Waals surface area contributed by atoms with Crippen LogP contribution in [-0.4, -0.2) is 9.13 Å². The number of fused-ring (bicyclic) bond motifs is 13. The molecule has 4 aromatic heterocycles. The van der Waals surface area contributed by atoms with Crippen molar-refractivity contribution in [1.29, 1.82) is 5.26 Å². The van der Waals surface area contributed by atoms with Crippen LogP contribution in [0.3, 0.4) is 0 Å². The fraction of sp³-hybridized carbons (Fsp3) is 0. The molecule has 0 aliphatic heterocycles. The lowest BCUT2D eigenvalue weighted by atomic mass is 9.97. The Balaban J connectivity index is 1.03. The summed E-state index contributed by atoms with van der Waals surface area (Å²) in [6.07, 6.45) is 0. The van der Waals surface area contributed by atoms with Crippen LogP contribution in [0.5, 0.6) is 0 Å². The molecule has 278 valence electrons. The molecule has 0 unspecified atom stereocenters. The minimum atomic E-state index is 0.653. The molecule has 0 saturated heterocycles. The lowest BCUT2D eigenvalue weighted by Gasteiger charge is -2.15. The van der Waals surface area contributed by atoms with Crippen LogP contribution in [0.1, 0.15) is 5.56 Å². The molecule has 13 rings (SSSR count). The number of para-hydroxylation sites is 4. The highest BCUT2D eigenvalue weighted by Crippen LogP contribution is 2.49. The first-order chi connectivity index (χ1) is 29.7. The zero-order valence-electron chi connectivity index (χ0n) is 32.1. The summed E-state index contributed by atoms with van der Waals surface area (Å²) < 4.78 is 13.9. The van der Waals surface area contributed by atoms with Gasteiger partial charge in [-0.1, -0.05) is 103 Å². The molecule has 0 saturated carbocycles. The number of thiophene rings is 1. The third kappa shape index (κ3) is 4.65. The van der Waals surface area contributed by atoms with Gasteiger partial charge in [0, 0.05) is 69.3 Å². The van der Waals surface area contributed by atoms with Crippen molar-refractivity contribution >= 4 is 97.1 Å². The predicted octanol–water partition coefficient (Wildman–Crippen LogP) is 15.4. The molecule has 13 aromatic rings. The van der Waals surface area contributed by atoms with Crippen LogP contribution in [0.2, 0.25) is 0 Å². The van der Waals surface area contributed by atoms with E-state index in [0.717, 1.165) is 77.5 Å². The topological polar surface area (TPSA) is 46.8 Å². The summed E-state index contributed by atoms with van der Waals surface area (Å²) >= 11 is 1.86. The number of hydrogen-bond donors (Lipinski definition) is 0. The molecule has 9 aromatic carbocycles. The van der Waals surface area contributed by atoms with Crippen LogP contribution in [0.4, 0.5) is 0 Å². The van der Waals surface area contributed by atoms with Crippen molar-refractivity contribution in [2.75, 3.05) is 0 Å². The highest BCUT2D eigenvalue weighted by Gasteiger charge is 2.23. The number of benzene rings is 9. The quantitative estimate of drug-likeness (QED) is 0.179. The summed E-state index contributed by atoms with van der Waals surface area (Å²) in [7, 11) is 0. The number of hydrogen-bond acceptors (Lipinski definition) is 3. The van der Waals surface area contributed by atoms with Crippen LogP contribution in [-0.2, 0) is 0 Å². The molecule has 60 heavy (non-hydrogen) atoms. The second-order valence-corrected chi connectivity index (χ2v) is 16.6. The molecule has 0 atom stereocenters. The van der Waals surface area contributed by atoms with Crippen LogP contribution >= 0.6 is 11.3 Å². The fourth-order valence-electron chi connectivity index (χ4n) is 9.74. The van der Waals surface area contributed by atoms with Crippen LogP contribution in [0.25, 0.3) is 119 Å². The average molecular weight is 782 g/mol. The average Bonchev–Trinajstić information content (AvgIpc) is 4.06. The van der Waals surface area contributed by atoms with E-state index in [0.29, 0.717) is 5.56 Å². The van der Waals surface area contributed by atoms with Gasteiger partial charge in [0.05, 0.1) is 39.4 Å². The van der Waals surface area contributed by atoms with Crippen LogP contribution in [0, 0.1) is 11.3 Å². The SMILES string of the molecule is N#Cc1ccc2c(c1)c1cc(-c3ccc4c(c3)c3ccccc3n4-c3ccccc3-c3cc4oc5ccccc5c4c4c3sc3ccccc34)ccc1n2-c1ccccc1. The zero-order valence-corrected chi connectivity index (χ0v) is 32.9. The number of aromatic nitrogens is 2. The van der Waals surface area contributed by atoms with Crippen molar-refractivity contribution in [3.63, 3.8) is 0 Å². The molecule has 0 spiro atoms. The highest BCUT2D eigenvalue weighted by molar-refractivity contribution is 7.26. The van der Waals surface area contributed by atoms with Crippen molar-refractivity contribution < 1.29 is 4.42 Å². The maximum atomic E-state index is 9.86. The lowest BCUT2D eigenvalue weighted by molar-refractivity contribution is 0.669. The van der Waals surface area contributed by atoms with E-state index in [1.54, 1.807) is 0 Å². The number of nitrogens with zero attached hydrogens (tertiary/aromatic N) is 3. The molecule has 0 amide bonds. The minimum absolute atomic E-state index is 0.653. The maximum absolute atomic E-state index is 9.86. The van der Waals surface area contributed by atoms with Gasteiger partial charge in [0.2, 0.25) is 0 Å². The van der Waals surface area contributed by atoms with Gasteiger partial charge in [0.25, 0.3) is 0 Å². The summed E-state index contributed by atoms with van der Waals surface area (Å²) in [6, 6.07) is 69.4. The van der Waals surface area contributed by atoms with Crippen molar-refractivity contribution in [2.45, 2.75) is 0 Å². The van der Waals surface area contributed by atoms with Gasteiger partial charge in [0.15, 0.2) is 0 Å². The van der Waals surface area contributed by atoms with Gasteiger partial charge in [-0.05, 0) is 96.1 Å². The van der Waals surface area contributed by atoms with E-state index in [4.69, 9.17) is 4.42 Å². The first-order valence-electron chi connectivity index (χ1n) is 20.1. The van der Waals surface area contributed by atoms with Crippen molar-refractivity contribution in [3.05, 3.63) is 194 Å². The molecule has 4 nitrogen and oxygen atoms in total. The van der Waals surface area contributed by atoms with E-state index < -0.39 is 0 Å². The highest BCUT2D eigenvalue weighted by atomic mass is 32.1. The van der Waals surface area contributed by atoms with E-state index in [9.17, 15) is 5.26 Å². The Morgan fingerprint density at radius 1 is 0.433 bits per heavy atom. The van der Waals surface area contributed by atoms with Gasteiger partial charge >= 0.3 is 0 Å². The summed E-state index contributed by atoms with van der Waals surface area (Å²) in [4.78, 5) is 0. The van der Waals surface area contributed by atoms with Crippen LogP contribution in [0.15, 0.2) is 192 Å². The summed E-state index contributed by atoms with van der Waals surface area (Å²) in [5.74, 6) is 0.